The molecule has 0 spiro atoms. The third kappa shape index (κ3) is 3.67. The van der Waals surface area contributed by atoms with Crippen LogP contribution in [0.4, 0.5) is 0 Å². The highest BCUT2D eigenvalue weighted by Crippen LogP contribution is 2.17. The molecule has 0 unspecified atom stereocenters. The molecule has 3 nitrogen and oxygen atoms in total. The van der Waals surface area contributed by atoms with Crippen molar-refractivity contribution in [2.75, 3.05) is 6.54 Å². The lowest BCUT2D eigenvalue weighted by molar-refractivity contribution is 0.0955. The highest BCUT2D eigenvalue weighted by Gasteiger charge is 2.11. The first-order chi connectivity index (χ1) is 9.20. The maximum atomic E-state index is 12.1. The fraction of sp³-hybridized carbons (Fsp3) is 0.214. The molecule has 0 atom stereocenters. The minimum Gasteiger partial charge on any atom is -0.346 e. The van der Waals surface area contributed by atoms with E-state index in [0.717, 1.165) is 10.4 Å². The Bertz CT molecular complexity index is 631. The van der Waals surface area contributed by atoms with E-state index in [-0.39, 0.29) is 5.91 Å². The van der Waals surface area contributed by atoms with Crippen molar-refractivity contribution >= 4 is 28.6 Å². The lowest BCUT2D eigenvalue weighted by Gasteiger charge is -2.02. The molecule has 2 heterocycles. The van der Waals surface area contributed by atoms with Crippen LogP contribution >= 0.6 is 22.7 Å². The van der Waals surface area contributed by atoms with Gasteiger partial charge in [0.2, 0.25) is 0 Å². The van der Waals surface area contributed by atoms with E-state index in [9.17, 15) is 4.79 Å². The molecule has 2 rings (SSSR count). The van der Waals surface area contributed by atoms with Crippen LogP contribution < -0.4 is 11.1 Å². The zero-order chi connectivity index (χ0) is 13.7. The number of rotatable bonds is 3. The largest absolute Gasteiger partial charge is 0.346 e. The van der Waals surface area contributed by atoms with Crippen LogP contribution in [0.3, 0.4) is 0 Å². The molecule has 2 aromatic heterocycles. The maximum Gasteiger partial charge on any atom is 0.262 e. The number of carbonyl (C=O) groups excluding carboxylic acids is 1. The predicted molar refractivity (Wildman–Crippen MR) is 80.5 cm³/mol. The fourth-order valence-electron chi connectivity index (χ4n) is 1.56. The maximum absolute atomic E-state index is 12.1. The van der Waals surface area contributed by atoms with Gasteiger partial charge in [-0.1, -0.05) is 11.8 Å². The summed E-state index contributed by atoms with van der Waals surface area (Å²) in [5, 5.41) is 4.78. The molecule has 0 radical (unpaired) electrons. The van der Waals surface area contributed by atoms with Gasteiger partial charge >= 0.3 is 0 Å². The molecule has 0 saturated heterocycles. The van der Waals surface area contributed by atoms with Crippen molar-refractivity contribution in [2.24, 2.45) is 5.73 Å². The summed E-state index contributed by atoms with van der Waals surface area (Å²) in [5.41, 5.74) is 6.08. The number of carbonyl (C=O) groups is 1. The van der Waals surface area contributed by atoms with E-state index in [1.165, 1.54) is 16.2 Å². The minimum atomic E-state index is -0.0811. The van der Waals surface area contributed by atoms with Gasteiger partial charge in [0.25, 0.3) is 5.91 Å². The van der Waals surface area contributed by atoms with E-state index in [2.05, 4.69) is 30.1 Å². The van der Waals surface area contributed by atoms with Gasteiger partial charge in [-0.25, -0.2) is 0 Å². The molecule has 3 N–H and O–H groups in total. The molecular weight excluding hydrogens is 276 g/mol. The van der Waals surface area contributed by atoms with Crippen LogP contribution in [0, 0.1) is 18.8 Å². The molecule has 0 aliphatic rings. The van der Waals surface area contributed by atoms with Gasteiger partial charge < -0.3 is 11.1 Å². The van der Waals surface area contributed by atoms with Crippen molar-refractivity contribution in [2.45, 2.75) is 13.5 Å². The van der Waals surface area contributed by atoms with Crippen molar-refractivity contribution in [3.63, 3.8) is 0 Å². The second-order valence-electron chi connectivity index (χ2n) is 3.86. The predicted octanol–water partition coefficient (Wildman–Crippen LogP) is 2.36. The molecule has 1 amide bonds. The van der Waals surface area contributed by atoms with Gasteiger partial charge in [-0.15, -0.1) is 22.7 Å². The van der Waals surface area contributed by atoms with Gasteiger partial charge in [-0.05, 0) is 30.5 Å². The van der Waals surface area contributed by atoms with E-state index in [0.29, 0.717) is 18.0 Å². The molecule has 0 aliphatic carbocycles. The number of nitrogens with two attached hydrogens (primary N) is 1. The summed E-state index contributed by atoms with van der Waals surface area (Å²) in [6, 6.07) is 5.93. The highest BCUT2D eigenvalue weighted by atomic mass is 32.1. The molecule has 0 fully saturated rings. The Labute approximate surface area is 120 Å². The summed E-state index contributed by atoms with van der Waals surface area (Å²) < 4.78 is 0. The molecule has 19 heavy (non-hydrogen) atoms. The van der Waals surface area contributed by atoms with E-state index in [4.69, 9.17) is 5.73 Å². The quantitative estimate of drug-likeness (QED) is 0.853. The van der Waals surface area contributed by atoms with E-state index >= 15 is 0 Å². The van der Waals surface area contributed by atoms with Crippen molar-refractivity contribution in [1.82, 2.24) is 5.32 Å². The SMILES string of the molecule is Cc1ccc(CNC(=O)c2sccc2C#CCN)s1. The second kappa shape index (κ2) is 6.53. The van der Waals surface area contributed by atoms with Crippen molar-refractivity contribution in [3.05, 3.63) is 43.8 Å². The number of hydrogen-bond acceptors (Lipinski definition) is 4. The summed E-state index contributed by atoms with van der Waals surface area (Å²) in [4.78, 5) is 15.1. The number of nitrogens with one attached hydrogen (secondary N) is 1. The van der Waals surface area contributed by atoms with Crippen LogP contribution in [-0.4, -0.2) is 12.5 Å². The second-order valence-corrected chi connectivity index (χ2v) is 6.15. The van der Waals surface area contributed by atoms with Crippen LogP contribution in [0.2, 0.25) is 0 Å². The van der Waals surface area contributed by atoms with Crippen LogP contribution in [0.15, 0.2) is 23.6 Å². The molecule has 98 valence electrons. The first kappa shape index (κ1) is 13.8. The van der Waals surface area contributed by atoms with Crippen LogP contribution in [0.1, 0.15) is 25.0 Å². The average molecular weight is 290 g/mol. The molecule has 0 aliphatic heterocycles. The van der Waals surface area contributed by atoms with Gasteiger partial charge in [0.1, 0.15) is 4.88 Å². The van der Waals surface area contributed by atoms with Crippen LogP contribution in [0.5, 0.6) is 0 Å². The third-order valence-electron chi connectivity index (χ3n) is 2.42. The zero-order valence-corrected chi connectivity index (χ0v) is 12.2. The smallest absolute Gasteiger partial charge is 0.262 e. The van der Waals surface area contributed by atoms with Gasteiger partial charge in [0.15, 0.2) is 0 Å². The van der Waals surface area contributed by atoms with Gasteiger partial charge in [0.05, 0.1) is 13.1 Å². The summed E-state index contributed by atoms with van der Waals surface area (Å²) in [5.74, 6) is 5.60. The molecule has 5 heteroatoms. The number of hydrogen-bond donors (Lipinski definition) is 2. The lowest BCUT2D eigenvalue weighted by Crippen LogP contribution is -2.22. The van der Waals surface area contributed by atoms with E-state index in [1.54, 1.807) is 11.3 Å². The van der Waals surface area contributed by atoms with Crippen LogP contribution in [-0.2, 0) is 6.54 Å². The first-order valence-electron chi connectivity index (χ1n) is 5.80. The monoisotopic (exact) mass is 290 g/mol. The first-order valence-corrected chi connectivity index (χ1v) is 7.50. The van der Waals surface area contributed by atoms with Crippen molar-refractivity contribution in [1.29, 1.82) is 0 Å². The Morgan fingerprint density at radius 3 is 2.95 bits per heavy atom. The highest BCUT2D eigenvalue weighted by molar-refractivity contribution is 7.12. The molecule has 2 aromatic rings. The van der Waals surface area contributed by atoms with Gasteiger partial charge in [-0.2, -0.15) is 0 Å². The molecule has 0 aromatic carbocycles. The Morgan fingerprint density at radius 2 is 2.26 bits per heavy atom. The molecular formula is C14H14N2OS2. The Kier molecular flexibility index (Phi) is 4.74. The topological polar surface area (TPSA) is 55.1 Å². The lowest BCUT2D eigenvalue weighted by atomic mass is 10.2. The minimum absolute atomic E-state index is 0.0811. The van der Waals surface area contributed by atoms with Gasteiger partial charge in [-0.3, -0.25) is 4.79 Å². The normalized spacial score (nSPS) is 9.79. The zero-order valence-electron chi connectivity index (χ0n) is 10.5. The summed E-state index contributed by atoms with van der Waals surface area (Å²) in [6.45, 7) is 2.90. The number of amides is 1. The molecule has 0 saturated carbocycles. The Balaban J connectivity index is 2.02. The summed E-state index contributed by atoms with van der Waals surface area (Å²) in [7, 11) is 0. The third-order valence-corrected chi connectivity index (χ3v) is 4.33. The standard InChI is InChI=1S/C14H14N2OS2/c1-10-4-5-12(19-10)9-16-14(17)13-11(3-2-7-15)6-8-18-13/h4-6,8H,7,9,15H2,1H3,(H,16,17). The fourth-order valence-corrected chi connectivity index (χ4v) is 3.15. The number of aryl methyl sites for hydroxylation is 1. The van der Waals surface area contributed by atoms with Crippen molar-refractivity contribution in [3.8, 4) is 11.8 Å². The Morgan fingerprint density at radius 1 is 1.42 bits per heavy atom. The van der Waals surface area contributed by atoms with Crippen LogP contribution in [0.25, 0.3) is 0 Å². The van der Waals surface area contributed by atoms with E-state index in [1.807, 2.05) is 17.5 Å². The van der Waals surface area contributed by atoms with Gasteiger partial charge in [0, 0.05) is 15.3 Å². The van der Waals surface area contributed by atoms with Crippen molar-refractivity contribution < 1.29 is 4.79 Å². The Hall–Kier alpha value is -1.61. The summed E-state index contributed by atoms with van der Waals surface area (Å²) in [6.07, 6.45) is 0. The summed E-state index contributed by atoms with van der Waals surface area (Å²) >= 11 is 3.09. The number of thiophene rings is 2. The molecule has 0 bridgehead atoms. The average Bonchev–Trinajstić information content (AvgIpc) is 3.02. The van der Waals surface area contributed by atoms with E-state index < -0.39 is 0 Å².